The average Bonchev–Trinajstić information content (AvgIpc) is 2.47. The highest BCUT2D eigenvalue weighted by Gasteiger charge is 2.30. The van der Waals surface area contributed by atoms with Gasteiger partial charge in [0.1, 0.15) is 0 Å². The molecule has 4 heteroatoms. The molecule has 1 heterocycles. The van der Waals surface area contributed by atoms with E-state index in [2.05, 4.69) is 5.32 Å². The van der Waals surface area contributed by atoms with Gasteiger partial charge < -0.3 is 11.1 Å². The molecule has 1 atom stereocenters. The molecule has 1 aliphatic heterocycles. The monoisotopic (exact) mass is 226 g/mol. The summed E-state index contributed by atoms with van der Waals surface area (Å²) >= 11 is 0. The largest absolute Gasteiger partial charge is 0.330 e. The van der Waals surface area contributed by atoms with Crippen molar-refractivity contribution in [1.82, 2.24) is 0 Å². The fraction of sp³-hybridized carbons (Fsp3) is 0.364. The Bertz CT molecular complexity index is 379. The molecule has 82 valence electrons. The van der Waals surface area contributed by atoms with Crippen LogP contribution in [-0.2, 0) is 4.79 Å². The highest BCUT2D eigenvalue weighted by Crippen LogP contribution is 2.36. The third-order valence-corrected chi connectivity index (χ3v) is 2.70. The van der Waals surface area contributed by atoms with Crippen LogP contribution in [0.25, 0.3) is 0 Å². The molecule has 0 radical (unpaired) electrons. The molecule has 0 saturated carbocycles. The van der Waals surface area contributed by atoms with Crippen LogP contribution in [0.1, 0.15) is 23.5 Å². The van der Waals surface area contributed by atoms with Crippen molar-refractivity contribution in [2.75, 3.05) is 11.9 Å². The first-order valence-electron chi connectivity index (χ1n) is 4.84. The third kappa shape index (κ3) is 1.98. The normalized spacial score (nSPS) is 18.0. The molecule has 1 aliphatic rings. The second-order valence-corrected chi connectivity index (χ2v) is 3.66. The molecule has 2 rings (SSSR count). The van der Waals surface area contributed by atoms with Crippen molar-refractivity contribution in [2.24, 2.45) is 5.73 Å². The van der Waals surface area contributed by atoms with Crippen LogP contribution in [0, 0.1) is 6.92 Å². The van der Waals surface area contributed by atoms with E-state index in [-0.39, 0.29) is 24.2 Å². The molecule has 3 N–H and O–H groups in total. The Morgan fingerprint density at radius 3 is 2.87 bits per heavy atom. The molecule has 1 aromatic rings. The topological polar surface area (TPSA) is 55.1 Å². The SMILES string of the molecule is Cc1cccc2c1NC(=O)C2CCN.Cl. The lowest BCUT2D eigenvalue weighted by molar-refractivity contribution is -0.117. The fourth-order valence-corrected chi connectivity index (χ4v) is 1.96. The van der Waals surface area contributed by atoms with Crippen molar-refractivity contribution >= 4 is 24.0 Å². The highest BCUT2D eigenvalue weighted by molar-refractivity contribution is 6.03. The van der Waals surface area contributed by atoms with Crippen LogP contribution >= 0.6 is 12.4 Å². The second-order valence-electron chi connectivity index (χ2n) is 3.66. The summed E-state index contributed by atoms with van der Waals surface area (Å²) in [6.45, 7) is 2.55. The van der Waals surface area contributed by atoms with E-state index in [0.717, 1.165) is 23.2 Å². The Balaban J connectivity index is 0.00000112. The Morgan fingerprint density at radius 2 is 2.20 bits per heavy atom. The lowest BCUT2D eigenvalue weighted by atomic mass is 9.96. The number of nitrogens with one attached hydrogen (secondary N) is 1. The lowest BCUT2D eigenvalue weighted by Crippen LogP contribution is -2.15. The molecule has 15 heavy (non-hydrogen) atoms. The minimum absolute atomic E-state index is 0. The molecule has 0 spiro atoms. The van der Waals surface area contributed by atoms with Gasteiger partial charge in [0.15, 0.2) is 0 Å². The number of benzene rings is 1. The number of rotatable bonds is 2. The molecule has 1 unspecified atom stereocenters. The number of nitrogens with two attached hydrogens (primary N) is 1. The maximum Gasteiger partial charge on any atom is 0.232 e. The number of aryl methyl sites for hydroxylation is 1. The molecule has 3 nitrogen and oxygen atoms in total. The van der Waals surface area contributed by atoms with Crippen LogP contribution in [0.5, 0.6) is 0 Å². The number of hydrogen-bond acceptors (Lipinski definition) is 2. The van der Waals surface area contributed by atoms with Crippen LogP contribution in [-0.4, -0.2) is 12.5 Å². The van der Waals surface area contributed by atoms with Gasteiger partial charge in [0.25, 0.3) is 0 Å². The number of halogens is 1. The van der Waals surface area contributed by atoms with Crippen LogP contribution in [0.4, 0.5) is 5.69 Å². The van der Waals surface area contributed by atoms with Crippen molar-refractivity contribution in [2.45, 2.75) is 19.3 Å². The maximum absolute atomic E-state index is 11.6. The van der Waals surface area contributed by atoms with Crippen molar-refractivity contribution in [3.8, 4) is 0 Å². The second kappa shape index (κ2) is 4.64. The number of fused-ring (bicyclic) bond motifs is 1. The Labute approximate surface area is 95.5 Å². The molecular formula is C11H15ClN2O. The predicted molar refractivity (Wildman–Crippen MR) is 63.5 cm³/mol. The summed E-state index contributed by atoms with van der Waals surface area (Å²) in [4.78, 5) is 11.6. The average molecular weight is 227 g/mol. The number of para-hydroxylation sites is 1. The summed E-state index contributed by atoms with van der Waals surface area (Å²) in [6, 6.07) is 5.99. The minimum Gasteiger partial charge on any atom is -0.330 e. The number of amides is 1. The van der Waals surface area contributed by atoms with Crippen LogP contribution in [0.3, 0.4) is 0 Å². The van der Waals surface area contributed by atoms with Gasteiger partial charge in [0.05, 0.1) is 5.92 Å². The molecular weight excluding hydrogens is 212 g/mol. The van der Waals surface area contributed by atoms with Gasteiger partial charge in [-0.15, -0.1) is 12.4 Å². The zero-order chi connectivity index (χ0) is 10.1. The summed E-state index contributed by atoms with van der Waals surface area (Å²) in [5.41, 5.74) is 8.69. The van der Waals surface area contributed by atoms with E-state index < -0.39 is 0 Å². The van der Waals surface area contributed by atoms with E-state index in [4.69, 9.17) is 5.73 Å². The number of hydrogen-bond donors (Lipinski definition) is 2. The van der Waals surface area contributed by atoms with Crippen LogP contribution in [0.2, 0.25) is 0 Å². The van der Waals surface area contributed by atoms with E-state index in [1.165, 1.54) is 0 Å². The zero-order valence-corrected chi connectivity index (χ0v) is 9.43. The van der Waals surface area contributed by atoms with Crippen molar-refractivity contribution in [3.63, 3.8) is 0 Å². The first-order chi connectivity index (χ1) is 6.74. The molecule has 1 aromatic carbocycles. The molecule has 0 aromatic heterocycles. The van der Waals surface area contributed by atoms with Crippen molar-refractivity contribution in [1.29, 1.82) is 0 Å². The molecule has 0 saturated heterocycles. The van der Waals surface area contributed by atoms with Crippen LogP contribution < -0.4 is 11.1 Å². The predicted octanol–water partition coefficient (Wildman–Crippen LogP) is 1.80. The standard InChI is InChI=1S/C11H14N2O.ClH/c1-7-3-2-4-8-9(5-6-12)11(14)13-10(7)8;/h2-4,9H,5-6,12H2,1H3,(H,13,14);1H. The van der Waals surface area contributed by atoms with Gasteiger partial charge in [-0.1, -0.05) is 18.2 Å². The molecule has 0 bridgehead atoms. The van der Waals surface area contributed by atoms with Gasteiger partial charge in [-0.3, -0.25) is 4.79 Å². The maximum atomic E-state index is 11.6. The van der Waals surface area contributed by atoms with E-state index in [0.29, 0.717) is 6.54 Å². The lowest BCUT2D eigenvalue weighted by Gasteiger charge is -2.06. The van der Waals surface area contributed by atoms with Gasteiger partial charge in [-0.25, -0.2) is 0 Å². The van der Waals surface area contributed by atoms with Gasteiger partial charge in [-0.2, -0.15) is 0 Å². The minimum atomic E-state index is -0.0464. The smallest absolute Gasteiger partial charge is 0.232 e. The zero-order valence-electron chi connectivity index (χ0n) is 8.62. The van der Waals surface area contributed by atoms with Gasteiger partial charge in [0.2, 0.25) is 5.91 Å². The van der Waals surface area contributed by atoms with E-state index in [9.17, 15) is 4.79 Å². The summed E-state index contributed by atoms with van der Waals surface area (Å²) in [6.07, 6.45) is 0.724. The third-order valence-electron chi connectivity index (χ3n) is 2.70. The fourth-order valence-electron chi connectivity index (χ4n) is 1.96. The first-order valence-corrected chi connectivity index (χ1v) is 4.84. The quantitative estimate of drug-likeness (QED) is 0.808. The molecule has 1 amide bonds. The van der Waals surface area contributed by atoms with Gasteiger partial charge in [0, 0.05) is 5.69 Å². The molecule has 0 fully saturated rings. The van der Waals surface area contributed by atoms with Crippen molar-refractivity contribution < 1.29 is 4.79 Å². The van der Waals surface area contributed by atoms with Gasteiger partial charge in [-0.05, 0) is 31.0 Å². The summed E-state index contributed by atoms with van der Waals surface area (Å²) < 4.78 is 0. The Hall–Kier alpha value is -1.06. The van der Waals surface area contributed by atoms with E-state index in [1.807, 2.05) is 25.1 Å². The Morgan fingerprint density at radius 1 is 1.47 bits per heavy atom. The Kier molecular flexibility index (Phi) is 3.72. The van der Waals surface area contributed by atoms with Crippen molar-refractivity contribution in [3.05, 3.63) is 29.3 Å². The van der Waals surface area contributed by atoms with Gasteiger partial charge >= 0.3 is 0 Å². The number of carbonyl (C=O) groups is 1. The summed E-state index contributed by atoms with van der Waals surface area (Å²) in [7, 11) is 0. The summed E-state index contributed by atoms with van der Waals surface area (Å²) in [5.74, 6) is 0.0367. The number of carbonyl (C=O) groups excluding carboxylic acids is 1. The van der Waals surface area contributed by atoms with E-state index in [1.54, 1.807) is 0 Å². The molecule has 0 aliphatic carbocycles. The van der Waals surface area contributed by atoms with E-state index >= 15 is 0 Å². The van der Waals surface area contributed by atoms with Crippen LogP contribution in [0.15, 0.2) is 18.2 Å². The highest BCUT2D eigenvalue weighted by atomic mass is 35.5. The summed E-state index contributed by atoms with van der Waals surface area (Å²) in [5, 5.41) is 2.91. The number of anilines is 1. The first kappa shape index (κ1) is 12.0.